The lowest BCUT2D eigenvalue weighted by atomic mass is 10.0. The minimum atomic E-state index is -0.930. The summed E-state index contributed by atoms with van der Waals surface area (Å²) in [5.74, 6) is 0. The molecular formula is C15H15NOS. The van der Waals surface area contributed by atoms with Gasteiger partial charge in [0.1, 0.15) is 0 Å². The van der Waals surface area contributed by atoms with Crippen molar-refractivity contribution in [3.05, 3.63) is 53.6 Å². The highest BCUT2D eigenvalue weighted by atomic mass is 32.2. The van der Waals surface area contributed by atoms with Gasteiger partial charge in [-0.3, -0.25) is 4.21 Å². The average Bonchev–Trinajstić information content (AvgIpc) is 2.56. The van der Waals surface area contributed by atoms with E-state index in [9.17, 15) is 4.21 Å². The van der Waals surface area contributed by atoms with Crippen LogP contribution in [0, 0.1) is 0 Å². The number of benzene rings is 2. The number of fused-ring (bicyclic) bond motifs is 2. The first kappa shape index (κ1) is 11.5. The Balaban J connectivity index is 2.07. The summed E-state index contributed by atoms with van der Waals surface area (Å²) < 4.78 is 11.5. The van der Waals surface area contributed by atoms with Crippen molar-refractivity contribution in [1.29, 1.82) is 0 Å². The summed E-state index contributed by atoms with van der Waals surface area (Å²) in [5.41, 5.74) is 4.89. The van der Waals surface area contributed by atoms with Crippen LogP contribution >= 0.6 is 0 Å². The lowest BCUT2D eigenvalue weighted by molar-refractivity contribution is 0.687. The van der Waals surface area contributed by atoms with Gasteiger partial charge in [0.15, 0.2) is 0 Å². The van der Waals surface area contributed by atoms with Crippen LogP contribution < -0.4 is 5.32 Å². The molecule has 0 spiro atoms. The third-order valence-electron chi connectivity index (χ3n) is 3.36. The van der Waals surface area contributed by atoms with E-state index in [1.807, 2.05) is 18.2 Å². The van der Waals surface area contributed by atoms with Gasteiger partial charge >= 0.3 is 0 Å². The monoisotopic (exact) mass is 257 g/mol. The van der Waals surface area contributed by atoms with Crippen molar-refractivity contribution < 1.29 is 4.21 Å². The highest BCUT2D eigenvalue weighted by molar-refractivity contribution is 7.84. The van der Waals surface area contributed by atoms with Crippen molar-refractivity contribution in [1.82, 2.24) is 0 Å². The quantitative estimate of drug-likeness (QED) is 0.849. The summed E-state index contributed by atoms with van der Waals surface area (Å²) in [6.07, 6.45) is 3.78. The number of nitrogens with one attached hydrogen (secondary N) is 1. The SMILES string of the molecule is CS(=O)c1ccc2c(c1)Nc1ccccc1CC2. The number of hydrogen-bond donors (Lipinski definition) is 1. The Hall–Kier alpha value is -1.61. The van der Waals surface area contributed by atoms with Gasteiger partial charge in [0.2, 0.25) is 0 Å². The summed E-state index contributed by atoms with van der Waals surface area (Å²) in [7, 11) is -0.930. The molecule has 0 bridgehead atoms. The first-order valence-corrected chi connectivity index (χ1v) is 7.61. The van der Waals surface area contributed by atoms with Crippen LogP contribution in [0.4, 0.5) is 11.4 Å². The van der Waals surface area contributed by atoms with Crippen LogP contribution in [0.25, 0.3) is 0 Å². The van der Waals surface area contributed by atoms with Gasteiger partial charge in [0, 0.05) is 33.3 Å². The van der Waals surface area contributed by atoms with Crippen molar-refractivity contribution in [2.75, 3.05) is 11.6 Å². The van der Waals surface area contributed by atoms with Gasteiger partial charge in [-0.2, -0.15) is 0 Å². The zero-order valence-electron chi connectivity index (χ0n) is 10.3. The van der Waals surface area contributed by atoms with Crippen LogP contribution in [-0.2, 0) is 23.6 Å². The molecule has 1 atom stereocenters. The standard InChI is InChI=1S/C15H15NOS/c1-18(17)13-9-8-12-7-6-11-4-2-3-5-14(11)16-15(12)10-13/h2-5,8-10,16H,6-7H2,1H3. The third kappa shape index (κ3) is 2.06. The molecule has 3 heteroatoms. The molecule has 2 nitrogen and oxygen atoms in total. The molecule has 0 amide bonds. The minimum Gasteiger partial charge on any atom is -0.355 e. The average molecular weight is 257 g/mol. The molecule has 92 valence electrons. The first-order valence-electron chi connectivity index (χ1n) is 6.05. The number of hydrogen-bond acceptors (Lipinski definition) is 2. The third-order valence-corrected chi connectivity index (χ3v) is 4.28. The van der Waals surface area contributed by atoms with Gasteiger partial charge in [-0.25, -0.2) is 0 Å². The Bertz CT molecular complexity index is 622. The minimum absolute atomic E-state index is 0.876. The highest BCUT2D eigenvalue weighted by Crippen LogP contribution is 2.30. The van der Waals surface area contributed by atoms with Crippen LogP contribution in [0.2, 0.25) is 0 Å². The van der Waals surface area contributed by atoms with Crippen LogP contribution in [0.1, 0.15) is 11.1 Å². The van der Waals surface area contributed by atoms with E-state index < -0.39 is 10.8 Å². The van der Waals surface area contributed by atoms with E-state index >= 15 is 0 Å². The topological polar surface area (TPSA) is 29.1 Å². The van der Waals surface area contributed by atoms with Crippen molar-refractivity contribution >= 4 is 22.2 Å². The molecule has 18 heavy (non-hydrogen) atoms. The van der Waals surface area contributed by atoms with Gasteiger partial charge < -0.3 is 5.32 Å². The van der Waals surface area contributed by atoms with E-state index in [-0.39, 0.29) is 0 Å². The molecule has 0 radical (unpaired) electrons. The van der Waals surface area contributed by atoms with E-state index in [0.29, 0.717) is 0 Å². The maximum absolute atomic E-state index is 11.5. The van der Waals surface area contributed by atoms with Crippen LogP contribution in [0.5, 0.6) is 0 Å². The summed E-state index contributed by atoms with van der Waals surface area (Å²) in [5, 5.41) is 3.46. The Morgan fingerprint density at radius 3 is 2.50 bits per heavy atom. The van der Waals surface area contributed by atoms with Gasteiger partial charge in [-0.05, 0) is 42.2 Å². The predicted molar refractivity (Wildman–Crippen MR) is 75.9 cm³/mol. The molecule has 1 aliphatic heterocycles. The van der Waals surface area contributed by atoms with Gasteiger partial charge in [-0.15, -0.1) is 0 Å². The Morgan fingerprint density at radius 2 is 1.72 bits per heavy atom. The number of rotatable bonds is 1. The van der Waals surface area contributed by atoms with Crippen molar-refractivity contribution in [2.45, 2.75) is 17.7 Å². The second-order valence-corrected chi connectivity index (χ2v) is 5.93. The number of anilines is 2. The first-order chi connectivity index (χ1) is 8.74. The summed E-state index contributed by atoms with van der Waals surface area (Å²) >= 11 is 0. The van der Waals surface area contributed by atoms with Gasteiger partial charge in [0.25, 0.3) is 0 Å². The summed E-state index contributed by atoms with van der Waals surface area (Å²) in [6, 6.07) is 14.4. The van der Waals surface area contributed by atoms with Gasteiger partial charge in [-0.1, -0.05) is 24.3 Å². The zero-order valence-corrected chi connectivity index (χ0v) is 11.1. The summed E-state index contributed by atoms with van der Waals surface area (Å²) in [6.45, 7) is 0. The number of aryl methyl sites for hydroxylation is 2. The lowest BCUT2D eigenvalue weighted by Gasteiger charge is -2.10. The summed E-state index contributed by atoms with van der Waals surface area (Å²) in [4.78, 5) is 0.876. The smallest absolute Gasteiger partial charge is 0.0498 e. The molecule has 1 N–H and O–H groups in total. The molecule has 0 aromatic heterocycles. The van der Waals surface area contributed by atoms with E-state index in [0.717, 1.165) is 29.1 Å². The maximum Gasteiger partial charge on any atom is 0.0498 e. The zero-order chi connectivity index (χ0) is 12.5. The fourth-order valence-corrected chi connectivity index (χ4v) is 2.89. The molecule has 0 fully saturated rings. The lowest BCUT2D eigenvalue weighted by Crippen LogP contribution is -1.96. The molecule has 3 rings (SSSR count). The maximum atomic E-state index is 11.5. The normalized spacial score (nSPS) is 14.9. The Morgan fingerprint density at radius 1 is 1.00 bits per heavy atom. The number of para-hydroxylation sites is 1. The molecule has 0 aliphatic carbocycles. The molecule has 2 aromatic rings. The van der Waals surface area contributed by atoms with E-state index in [1.165, 1.54) is 11.1 Å². The van der Waals surface area contributed by atoms with Crippen molar-refractivity contribution in [2.24, 2.45) is 0 Å². The largest absolute Gasteiger partial charge is 0.355 e. The van der Waals surface area contributed by atoms with E-state index in [2.05, 4.69) is 29.6 Å². The Labute approximate surface area is 110 Å². The van der Waals surface area contributed by atoms with Crippen LogP contribution in [0.15, 0.2) is 47.4 Å². The molecule has 1 aliphatic rings. The molecule has 2 aromatic carbocycles. The van der Waals surface area contributed by atoms with Crippen molar-refractivity contribution in [3.8, 4) is 0 Å². The van der Waals surface area contributed by atoms with Gasteiger partial charge in [0.05, 0.1) is 0 Å². The van der Waals surface area contributed by atoms with E-state index in [1.54, 1.807) is 6.26 Å². The second kappa shape index (κ2) is 4.58. The van der Waals surface area contributed by atoms with Crippen LogP contribution in [-0.4, -0.2) is 10.5 Å². The second-order valence-electron chi connectivity index (χ2n) is 4.56. The molecule has 1 heterocycles. The van der Waals surface area contributed by atoms with E-state index in [4.69, 9.17) is 0 Å². The fraction of sp³-hybridized carbons (Fsp3) is 0.200. The Kier molecular flexibility index (Phi) is 2.92. The highest BCUT2D eigenvalue weighted by Gasteiger charge is 2.13. The van der Waals surface area contributed by atoms with Crippen molar-refractivity contribution in [3.63, 3.8) is 0 Å². The molecule has 1 unspecified atom stereocenters. The predicted octanol–water partition coefficient (Wildman–Crippen LogP) is 3.27. The fourth-order valence-electron chi connectivity index (χ4n) is 2.34. The molecule has 0 saturated heterocycles. The van der Waals surface area contributed by atoms with Crippen LogP contribution in [0.3, 0.4) is 0 Å². The molecule has 0 saturated carbocycles. The molecular weight excluding hydrogens is 242 g/mol.